The Balaban J connectivity index is 4.16. The van der Waals surface area contributed by atoms with Gasteiger partial charge in [-0.05, 0) is 64.2 Å². The van der Waals surface area contributed by atoms with E-state index in [4.69, 9.17) is 18.5 Å². The van der Waals surface area contributed by atoms with Crippen LogP contribution < -0.4 is 0 Å². The number of unbranched alkanes of at least 4 members (excludes halogenated alkanes) is 28. The SMILES string of the molecule is CC/C=C\C/C=C\C/C=C\C/C=C\C/C=C\C/C=C\CCCCCCCCCCCCC(=O)OC(COC(=O)CCCCCCCCCCCCCCCCCCCCC)COP(=O)(O)OCC[N+](C)(C)C. The number of quaternary nitrogens is 1. The highest BCUT2D eigenvalue weighted by Gasteiger charge is 2.27. The van der Waals surface area contributed by atoms with Crippen molar-refractivity contribution in [1.29, 1.82) is 0 Å². The maximum Gasteiger partial charge on any atom is 0.472 e. The average molecular weight is 1030 g/mol. The molecule has 0 aliphatic heterocycles. The fourth-order valence-corrected chi connectivity index (χ4v) is 8.94. The summed E-state index contributed by atoms with van der Waals surface area (Å²) in [5, 5.41) is 0. The van der Waals surface area contributed by atoms with Crippen LogP contribution in [0, 0.1) is 0 Å². The molecule has 0 aliphatic carbocycles. The lowest BCUT2D eigenvalue weighted by molar-refractivity contribution is -0.870. The van der Waals surface area contributed by atoms with E-state index in [9.17, 15) is 19.0 Å². The number of nitrogens with zero attached hydrogens (tertiary/aromatic N) is 1. The predicted octanol–water partition coefficient (Wildman–Crippen LogP) is 18.5. The lowest BCUT2D eigenvalue weighted by Gasteiger charge is -2.24. The highest BCUT2D eigenvalue weighted by Crippen LogP contribution is 2.43. The molecule has 2 unspecified atom stereocenters. The molecule has 10 heteroatoms. The smallest absolute Gasteiger partial charge is 0.462 e. The van der Waals surface area contributed by atoms with Crippen LogP contribution in [-0.4, -0.2) is 74.9 Å². The second kappa shape index (κ2) is 53.3. The van der Waals surface area contributed by atoms with Gasteiger partial charge in [-0.15, -0.1) is 0 Å². The standard InChI is InChI=1S/C62H112NO8P/c1-6-8-10-12-14-16-18-20-22-24-26-27-28-29-30-31-32-33-34-35-37-39-41-43-45-47-49-51-53-55-62(65)71-60(59-70-72(66,67)69-57-56-63(3,4)5)58-68-61(64)54-52-50-48-46-44-42-40-38-36-25-23-21-19-17-15-13-11-9-7-2/h8,10,14,16,20,22,26-27,29-30,32-33,60H,6-7,9,11-13,15,17-19,21,23-25,28,31,34-59H2,1-5H3/p+1/b10-8-,16-14-,22-20-,27-26-,30-29-,33-32-. The molecular formula is C62H113NO8P+. The summed E-state index contributed by atoms with van der Waals surface area (Å²) in [4.78, 5) is 35.7. The highest BCUT2D eigenvalue weighted by molar-refractivity contribution is 7.47. The van der Waals surface area contributed by atoms with Gasteiger partial charge < -0.3 is 18.9 Å². The van der Waals surface area contributed by atoms with Crippen LogP contribution in [0.3, 0.4) is 0 Å². The number of hydrogen-bond acceptors (Lipinski definition) is 7. The van der Waals surface area contributed by atoms with Crippen molar-refractivity contribution in [3.63, 3.8) is 0 Å². The Labute approximate surface area is 444 Å². The molecular weight excluding hydrogens is 918 g/mol. The molecule has 9 nitrogen and oxygen atoms in total. The molecule has 0 amide bonds. The van der Waals surface area contributed by atoms with E-state index in [-0.39, 0.29) is 32.0 Å². The minimum absolute atomic E-state index is 0.0296. The summed E-state index contributed by atoms with van der Waals surface area (Å²) in [6.45, 7) is 4.34. The van der Waals surface area contributed by atoms with Gasteiger partial charge in [0.05, 0.1) is 27.7 Å². The van der Waals surface area contributed by atoms with Crippen molar-refractivity contribution in [2.75, 3.05) is 47.5 Å². The number of carbonyl (C=O) groups excluding carboxylic acids is 2. The monoisotopic (exact) mass is 1030 g/mol. The Kier molecular flexibility index (Phi) is 51.4. The summed E-state index contributed by atoms with van der Waals surface area (Å²) in [5.41, 5.74) is 0. The van der Waals surface area contributed by atoms with Crippen LogP contribution in [0.2, 0.25) is 0 Å². The number of likely N-dealkylation sites (N-methyl/N-ethyl adjacent to an activating group) is 1. The van der Waals surface area contributed by atoms with Gasteiger partial charge in [0.2, 0.25) is 0 Å². The fourth-order valence-electron chi connectivity index (χ4n) is 8.20. The number of ether oxygens (including phenoxy) is 2. The predicted molar refractivity (Wildman–Crippen MR) is 307 cm³/mol. The first-order chi connectivity index (χ1) is 35.0. The lowest BCUT2D eigenvalue weighted by atomic mass is 10.0. The normalized spacial score (nSPS) is 13.8. The van der Waals surface area contributed by atoms with Crippen molar-refractivity contribution in [1.82, 2.24) is 0 Å². The van der Waals surface area contributed by atoms with Crippen LogP contribution in [0.4, 0.5) is 0 Å². The van der Waals surface area contributed by atoms with E-state index >= 15 is 0 Å². The molecule has 0 aromatic rings. The molecule has 0 saturated heterocycles. The first-order valence-corrected chi connectivity index (χ1v) is 31.2. The van der Waals surface area contributed by atoms with Crippen LogP contribution in [0.1, 0.15) is 258 Å². The molecule has 0 bridgehead atoms. The Bertz CT molecular complexity index is 1450. The largest absolute Gasteiger partial charge is 0.472 e. The zero-order chi connectivity index (χ0) is 52.7. The molecule has 0 aliphatic rings. The molecule has 0 spiro atoms. The lowest BCUT2D eigenvalue weighted by Crippen LogP contribution is -2.37. The number of phosphoric acid groups is 1. The van der Waals surface area contributed by atoms with E-state index in [2.05, 4.69) is 86.8 Å². The average Bonchev–Trinajstić information content (AvgIpc) is 3.34. The number of allylic oxidation sites excluding steroid dienone is 12. The van der Waals surface area contributed by atoms with Crippen molar-refractivity contribution in [2.24, 2.45) is 0 Å². The van der Waals surface area contributed by atoms with Gasteiger partial charge in [-0.3, -0.25) is 18.6 Å². The van der Waals surface area contributed by atoms with Gasteiger partial charge >= 0.3 is 19.8 Å². The Morgan fingerprint density at radius 1 is 0.444 bits per heavy atom. The van der Waals surface area contributed by atoms with Crippen LogP contribution in [0.5, 0.6) is 0 Å². The minimum Gasteiger partial charge on any atom is -0.462 e. The van der Waals surface area contributed by atoms with Gasteiger partial charge in [-0.25, -0.2) is 4.57 Å². The van der Waals surface area contributed by atoms with Crippen LogP contribution in [0.15, 0.2) is 72.9 Å². The third-order valence-corrected chi connectivity index (χ3v) is 13.7. The molecule has 72 heavy (non-hydrogen) atoms. The molecule has 0 rings (SSSR count). The van der Waals surface area contributed by atoms with Crippen LogP contribution >= 0.6 is 7.82 Å². The molecule has 1 N–H and O–H groups in total. The maximum atomic E-state index is 12.8. The van der Waals surface area contributed by atoms with E-state index < -0.39 is 26.5 Å². The third-order valence-electron chi connectivity index (χ3n) is 12.8. The summed E-state index contributed by atoms with van der Waals surface area (Å²) in [6.07, 6.45) is 69.7. The van der Waals surface area contributed by atoms with Gasteiger partial charge in [0.15, 0.2) is 6.10 Å². The number of carbonyl (C=O) groups is 2. The van der Waals surface area contributed by atoms with Gasteiger partial charge in [0.1, 0.15) is 19.8 Å². The minimum atomic E-state index is -4.39. The summed E-state index contributed by atoms with van der Waals surface area (Å²) in [6, 6.07) is 0. The van der Waals surface area contributed by atoms with Gasteiger partial charge in [-0.2, -0.15) is 0 Å². The van der Waals surface area contributed by atoms with E-state index in [0.29, 0.717) is 17.4 Å². The third kappa shape index (κ3) is 56.7. The van der Waals surface area contributed by atoms with Crippen molar-refractivity contribution in [3.05, 3.63) is 72.9 Å². The number of esters is 2. The van der Waals surface area contributed by atoms with Crippen molar-refractivity contribution in [3.8, 4) is 0 Å². The van der Waals surface area contributed by atoms with Crippen LogP contribution in [-0.2, 0) is 32.7 Å². The number of hydrogen-bond donors (Lipinski definition) is 1. The zero-order valence-electron chi connectivity index (χ0n) is 47.4. The Morgan fingerprint density at radius 2 is 0.792 bits per heavy atom. The highest BCUT2D eigenvalue weighted by atomic mass is 31.2. The van der Waals surface area contributed by atoms with E-state index in [1.807, 2.05) is 21.1 Å². The zero-order valence-corrected chi connectivity index (χ0v) is 48.3. The Morgan fingerprint density at radius 3 is 1.18 bits per heavy atom. The molecule has 0 aromatic carbocycles. The quantitative estimate of drug-likeness (QED) is 0.0211. The van der Waals surface area contributed by atoms with Gasteiger partial charge in [0.25, 0.3) is 0 Å². The molecule has 0 fully saturated rings. The van der Waals surface area contributed by atoms with Crippen molar-refractivity contribution >= 4 is 19.8 Å². The van der Waals surface area contributed by atoms with Gasteiger partial charge in [0, 0.05) is 12.8 Å². The first kappa shape index (κ1) is 69.5. The second-order valence-electron chi connectivity index (χ2n) is 21.0. The molecule has 2 atom stereocenters. The topological polar surface area (TPSA) is 108 Å². The maximum absolute atomic E-state index is 12.8. The molecule has 0 aromatic heterocycles. The van der Waals surface area contributed by atoms with E-state index in [1.54, 1.807) is 0 Å². The fraction of sp³-hybridized carbons (Fsp3) is 0.774. The van der Waals surface area contributed by atoms with E-state index in [1.165, 1.54) is 141 Å². The summed E-state index contributed by atoms with van der Waals surface area (Å²) in [5.74, 6) is -0.795. The molecule has 0 radical (unpaired) electrons. The number of phosphoric ester groups is 1. The molecule has 0 saturated carbocycles. The molecule has 418 valence electrons. The summed E-state index contributed by atoms with van der Waals surface area (Å²) >= 11 is 0. The second-order valence-corrected chi connectivity index (χ2v) is 22.5. The summed E-state index contributed by atoms with van der Waals surface area (Å²) < 4.78 is 34.6. The van der Waals surface area contributed by atoms with Crippen molar-refractivity contribution < 1.29 is 42.1 Å². The first-order valence-electron chi connectivity index (χ1n) is 29.7. The number of rotatable bonds is 54. The Hall–Kier alpha value is -2.55. The van der Waals surface area contributed by atoms with Crippen LogP contribution in [0.25, 0.3) is 0 Å². The van der Waals surface area contributed by atoms with E-state index in [0.717, 1.165) is 83.5 Å². The molecule has 0 heterocycles. The van der Waals surface area contributed by atoms with Gasteiger partial charge in [-0.1, -0.05) is 254 Å². The summed E-state index contributed by atoms with van der Waals surface area (Å²) in [7, 11) is 1.48. The van der Waals surface area contributed by atoms with Crippen molar-refractivity contribution in [2.45, 2.75) is 264 Å².